The molecule has 0 radical (unpaired) electrons. The molecule has 18 heavy (non-hydrogen) atoms. The third-order valence-corrected chi connectivity index (χ3v) is 4.42. The van der Waals surface area contributed by atoms with Crippen molar-refractivity contribution in [1.82, 2.24) is 0 Å². The Labute approximate surface area is 132 Å². The molecule has 0 unspecified atom stereocenters. The van der Waals surface area contributed by atoms with Gasteiger partial charge in [-0.2, -0.15) is 0 Å². The zero-order valence-corrected chi connectivity index (χ0v) is 13.8. The van der Waals surface area contributed by atoms with E-state index in [0.29, 0.717) is 15.8 Å². The van der Waals surface area contributed by atoms with Crippen molar-refractivity contribution in [2.45, 2.75) is 5.33 Å². The molecule has 0 amide bonds. The molecule has 0 saturated carbocycles. The van der Waals surface area contributed by atoms with Crippen LogP contribution in [0.5, 0.6) is 11.5 Å². The maximum atomic E-state index is 6.09. The first-order valence-electron chi connectivity index (χ1n) is 5.07. The van der Waals surface area contributed by atoms with Crippen molar-refractivity contribution in [2.75, 3.05) is 0 Å². The van der Waals surface area contributed by atoms with Crippen LogP contribution in [0.4, 0.5) is 0 Å². The lowest BCUT2D eigenvalue weighted by molar-refractivity contribution is 0.482. The quantitative estimate of drug-likeness (QED) is 0.417. The standard InChI is InChI=1S/C13H8Br2Cl2O/c14-7-8-1-3-9(4-2-8)18-13-6-11(16)10(15)5-12(13)17/h1-6H,7H2. The first-order valence-corrected chi connectivity index (χ1v) is 7.74. The molecule has 0 aliphatic carbocycles. The van der Waals surface area contributed by atoms with Gasteiger partial charge in [0.1, 0.15) is 11.5 Å². The maximum absolute atomic E-state index is 6.09. The summed E-state index contributed by atoms with van der Waals surface area (Å²) in [4.78, 5) is 0. The van der Waals surface area contributed by atoms with Crippen LogP contribution in [0.15, 0.2) is 40.9 Å². The summed E-state index contributed by atoms with van der Waals surface area (Å²) < 4.78 is 6.44. The van der Waals surface area contributed by atoms with Crippen LogP contribution >= 0.6 is 55.1 Å². The minimum atomic E-state index is 0.510. The normalized spacial score (nSPS) is 10.4. The molecule has 0 spiro atoms. The van der Waals surface area contributed by atoms with Gasteiger partial charge in [0, 0.05) is 15.9 Å². The molecule has 0 heterocycles. The second-order valence-corrected chi connectivity index (χ2v) is 5.81. The number of ether oxygens (including phenoxy) is 1. The summed E-state index contributed by atoms with van der Waals surface area (Å²) in [7, 11) is 0. The minimum absolute atomic E-state index is 0.510. The molecule has 0 N–H and O–H groups in total. The fourth-order valence-corrected chi connectivity index (χ4v) is 2.56. The smallest absolute Gasteiger partial charge is 0.147 e. The van der Waals surface area contributed by atoms with Crippen molar-refractivity contribution >= 4 is 55.1 Å². The molecule has 0 atom stereocenters. The van der Waals surface area contributed by atoms with Crippen molar-refractivity contribution in [1.29, 1.82) is 0 Å². The summed E-state index contributed by atoms with van der Waals surface area (Å²) in [5.41, 5.74) is 1.18. The Morgan fingerprint density at radius 3 is 2.28 bits per heavy atom. The Morgan fingerprint density at radius 1 is 1.00 bits per heavy atom. The van der Waals surface area contributed by atoms with Gasteiger partial charge in [0.05, 0.1) is 10.0 Å². The summed E-state index contributed by atoms with van der Waals surface area (Å²) in [6.45, 7) is 0. The van der Waals surface area contributed by atoms with Crippen LogP contribution in [0.25, 0.3) is 0 Å². The van der Waals surface area contributed by atoms with Crippen LogP contribution in [0, 0.1) is 0 Å². The highest BCUT2D eigenvalue weighted by atomic mass is 79.9. The predicted molar refractivity (Wildman–Crippen MR) is 83.3 cm³/mol. The van der Waals surface area contributed by atoms with Crippen molar-refractivity contribution < 1.29 is 4.74 Å². The molecule has 0 saturated heterocycles. The third-order valence-electron chi connectivity index (χ3n) is 2.28. The lowest BCUT2D eigenvalue weighted by Crippen LogP contribution is -1.86. The van der Waals surface area contributed by atoms with E-state index < -0.39 is 0 Å². The van der Waals surface area contributed by atoms with Crippen LogP contribution in [0.2, 0.25) is 10.0 Å². The zero-order valence-electron chi connectivity index (χ0n) is 9.09. The highest BCUT2D eigenvalue weighted by Gasteiger charge is 2.07. The summed E-state index contributed by atoms with van der Waals surface area (Å²) in [6, 6.07) is 11.2. The van der Waals surface area contributed by atoms with E-state index in [2.05, 4.69) is 31.9 Å². The lowest BCUT2D eigenvalue weighted by Gasteiger charge is -2.09. The maximum Gasteiger partial charge on any atom is 0.147 e. The van der Waals surface area contributed by atoms with E-state index in [1.54, 1.807) is 12.1 Å². The van der Waals surface area contributed by atoms with Crippen LogP contribution in [0.1, 0.15) is 5.56 Å². The number of hydrogen-bond acceptors (Lipinski definition) is 1. The Bertz CT molecular complexity index is 556. The molecule has 2 rings (SSSR count). The van der Waals surface area contributed by atoms with E-state index in [-0.39, 0.29) is 0 Å². The molecular weight excluding hydrogens is 403 g/mol. The summed E-state index contributed by atoms with van der Waals surface area (Å²) >= 11 is 18.8. The van der Waals surface area contributed by atoms with E-state index in [1.807, 2.05) is 24.3 Å². The molecule has 2 aromatic carbocycles. The molecule has 0 fully saturated rings. The van der Waals surface area contributed by atoms with Crippen molar-refractivity contribution in [3.05, 3.63) is 56.5 Å². The van der Waals surface area contributed by atoms with Gasteiger partial charge in [0.25, 0.3) is 0 Å². The van der Waals surface area contributed by atoms with E-state index in [9.17, 15) is 0 Å². The molecule has 5 heteroatoms. The van der Waals surface area contributed by atoms with Crippen LogP contribution in [-0.2, 0) is 5.33 Å². The molecule has 0 aromatic heterocycles. The Balaban J connectivity index is 2.25. The van der Waals surface area contributed by atoms with Gasteiger partial charge >= 0.3 is 0 Å². The highest BCUT2D eigenvalue weighted by molar-refractivity contribution is 9.10. The monoisotopic (exact) mass is 408 g/mol. The minimum Gasteiger partial charge on any atom is -0.456 e. The van der Waals surface area contributed by atoms with Gasteiger partial charge in [-0.15, -0.1) is 0 Å². The third kappa shape index (κ3) is 3.41. The Kier molecular flexibility index (Phi) is 4.96. The molecule has 0 aliphatic heterocycles. The predicted octanol–water partition coefficient (Wildman–Crippen LogP) is 6.44. The van der Waals surface area contributed by atoms with E-state index >= 15 is 0 Å². The second-order valence-electron chi connectivity index (χ2n) is 3.58. The highest BCUT2D eigenvalue weighted by Crippen LogP contribution is 2.36. The number of hydrogen-bond donors (Lipinski definition) is 0. The number of alkyl halides is 1. The average molecular weight is 411 g/mol. The van der Waals surface area contributed by atoms with E-state index in [4.69, 9.17) is 27.9 Å². The van der Waals surface area contributed by atoms with Gasteiger partial charge in [-0.25, -0.2) is 0 Å². The zero-order chi connectivity index (χ0) is 13.1. The molecule has 0 bridgehead atoms. The SMILES string of the molecule is Clc1cc(Oc2ccc(CBr)cc2)c(Cl)cc1Br. The number of benzene rings is 2. The number of halogens is 4. The van der Waals surface area contributed by atoms with Crippen molar-refractivity contribution in [3.63, 3.8) is 0 Å². The van der Waals surface area contributed by atoms with Crippen molar-refractivity contribution in [3.8, 4) is 11.5 Å². The largest absolute Gasteiger partial charge is 0.456 e. The first kappa shape index (κ1) is 14.2. The van der Waals surface area contributed by atoms with Gasteiger partial charge in [-0.1, -0.05) is 51.3 Å². The summed E-state index contributed by atoms with van der Waals surface area (Å²) in [5, 5.41) is 1.89. The van der Waals surface area contributed by atoms with Gasteiger partial charge in [0.2, 0.25) is 0 Å². The lowest BCUT2D eigenvalue weighted by atomic mass is 10.2. The molecule has 94 valence electrons. The fourth-order valence-electron chi connectivity index (χ4n) is 1.36. The fraction of sp³-hybridized carbons (Fsp3) is 0.0769. The summed E-state index contributed by atoms with van der Waals surface area (Å²) in [5.74, 6) is 1.26. The molecular formula is C13H8Br2Cl2O. The summed E-state index contributed by atoms with van der Waals surface area (Å²) in [6.07, 6.45) is 0. The van der Waals surface area contributed by atoms with E-state index in [1.165, 1.54) is 5.56 Å². The van der Waals surface area contributed by atoms with Gasteiger partial charge < -0.3 is 4.74 Å². The van der Waals surface area contributed by atoms with Crippen LogP contribution in [0.3, 0.4) is 0 Å². The van der Waals surface area contributed by atoms with Gasteiger partial charge in [-0.05, 0) is 39.7 Å². The van der Waals surface area contributed by atoms with Gasteiger partial charge in [-0.3, -0.25) is 0 Å². The number of rotatable bonds is 3. The molecule has 0 aliphatic rings. The Hall–Kier alpha value is -0.220. The van der Waals surface area contributed by atoms with E-state index in [0.717, 1.165) is 15.6 Å². The Morgan fingerprint density at radius 2 is 1.67 bits per heavy atom. The van der Waals surface area contributed by atoms with Crippen LogP contribution in [-0.4, -0.2) is 0 Å². The molecule has 1 nitrogen and oxygen atoms in total. The van der Waals surface area contributed by atoms with Crippen molar-refractivity contribution in [2.24, 2.45) is 0 Å². The first-order chi connectivity index (χ1) is 8.60. The molecule has 2 aromatic rings. The second kappa shape index (κ2) is 6.29. The average Bonchev–Trinajstić information content (AvgIpc) is 2.37. The van der Waals surface area contributed by atoms with Crippen LogP contribution < -0.4 is 4.74 Å². The van der Waals surface area contributed by atoms with Gasteiger partial charge in [0.15, 0.2) is 0 Å². The topological polar surface area (TPSA) is 9.23 Å².